The number of hydrogen-bond acceptors (Lipinski definition) is 1. The predicted molar refractivity (Wildman–Crippen MR) is 176 cm³/mol. The highest BCUT2D eigenvalue weighted by atomic mass is 32.7. The number of fused-ring (bicyclic) bond motifs is 4. The van der Waals surface area contributed by atoms with E-state index >= 15 is 0 Å². The fourth-order valence-electron chi connectivity index (χ4n) is 5.98. The molecule has 0 unspecified atom stereocenters. The van der Waals surface area contributed by atoms with E-state index in [9.17, 15) is 0 Å². The van der Waals surface area contributed by atoms with Gasteiger partial charge in [0.25, 0.3) is 0 Å². The van der Waals surface area contributed by atoms with Crippen LogP contribution >= 0.6 is 18.5 Å². The van der Waals surface area contributed by atoms with Gasteiger partial charge in [-0.2, -0.15) is 0 Å². The van der Waals surface area contributed by atoms with Crippen molar-refractivity contribution in [1.29, 1.82) is 0 Å². The molecule has 40 heavy (non-hydrogen) atoms. The molecule has 7 aromatic carbocycles. The van der Waals surface area contributed by atoms with Crippen LogP contribution in [0.5, 0.6) is 0 Å². The van der Waals surface area contributed by atoms with Crippen molar-refractivity contribution in [2.75, 3.05) is 0 Å². The standard InChI is InChI=1S/C38H25PS/c1-3-13-30(14-4-1)39(31-15-5-2-6-16-31)40-32-21-18-26(19-22-32)33-23-20-27-12-9-17-34-35-24-28-10-7-8-11-29(28)25-36(35)38(33)37(27)34/h1-25H. The Kier molecular flexibility index (Phi) is 5.80. The average molecular weight is 545 g/mol. The molecule has 1 aliphatic carbocycles. The van der Waals surface area contributed by atoms with Crippen molar-refractivity contribution >= 4 is 50.7 Å². The molecule has 0 nitrogen and oxygen atoms in total. The fourth-order valence-corrected chi connectivity index (χ4v) is 10.2. The van der Waals surface area contributed by atoms with E-state index in [-0.39, 0.29) is 0 Å². The molecular weight excluding hydrogens is 519 g/mol. The molecule has 0 atom stereocenters. The van der Waals surface area contributed by atoms with Gasteiger partial charge >= 0.3 is 0 Å². The third-order valence-electron chi connectivity index (χ3n) is 7.83. The lowest BCUT2D eigenvalue weighted by atomic mass is 9.92. The molecule has 0 heterocycles. The van der Waals surface area contributed by atoms with E-state index < -0.39 is 7.12 Å². The van der Waals surface area contributed by atoms with E-state index in [0.717, 1.165) is 0 Å². The van der Waals surface area contributed by atoms with Gasteiger partial charge in [-0.25, -0.2) is 0 Å². The molecule has 0 N–H and O–H groups in total. The van der Waals surface area contributed by atoms with Gasteiger partial charge in [0, 0.05) is 12.0 Å². The number of hydrogen-bond donors (Lipinski definition) is 0. The summed E-state index contributed by atoms with van der Waals surface area (Å²) in [6.45, 7) is 0. The summed E-state index contributed by atoms with van der Waals surface area (Å²) < 4.78 is 0. The molecule has 0 bridgehead atoms. The maximum atomic E-state index is 2.39. The van der Waals surface area contributed by atoms with E-state index in [0.29, 0.717) is 0 Å². The van der Waals surface area contributed by atoms with E-state index in [1.165, 1.54) is 70.4 Å². The summed E-state index contributed by atoms with van der Waals surface area (Å²) in [6, 6.07) is 55.8. The van der Waals surface area contributed by atoms with Crippen LogP contribution in [0.2, 0.25) is 0 Å². The van der Waals surface area contributed by atoms with Gasteiger partial charge in [0.15, 0.2) is 0 Å². The first-order valence-electron chi connectivity index (χ1n) is 13.6. The highest BCUT2D eigenvalue weighted by molar-refractivity contribution is 8.60. The van der Waals surface area contributed by atoms with Crippen LogP contribution < -0.4 is 10.6 Å². The topological polar surface area (TPSA) is 0 Å². The van der Waals surface area contributed by atoms with Crippen LogP contribution in [-0.2, 0) is 0 Å². The molecule has 2 heteroatoms. The number of benzene rings is 7. The smallest absolute Gasteiger partial charge is 0.0207 e. The van der Waals surface area contributed by atoms with Crippen molar-refractivity contribution in [3.63, 3.8) is 0 Å². The minimum Gasteiger partial charge on any atom is -0.0888 e. The zero-order valence-corrected chi connectivity index (χ0v) is 23.5. The van der Waals surface area contributed by atoms with Crippen molar-refractivity contribution in [2.45, 2.75) is 4.90 Å². The summed E-state index contributed by atoms with van der Waals surface area (Å²) in [5, 5.41) is 8.04. The normalized spacial score (nSPS) is 11.8. The summed E-state index contributed by atoms with van der Waals surface area (Å²) in [7, 11) is -0.551. The Bertz CT molecular complexity index is 1970. The Labute approximate surface area is 239 Å². The molecule has 0 aliphatic heterocycles. The van der Waals surface area contributed by atoms with Crippen LogP contribution in [0, 0.1) is 0 Å². The molecule has 1 aliphatic rings. The van der Waals surface area contributed by atoms with Gasteiger partial charge in [-0.3, -0.25) is 0 Å². The van der Waals surface area contributed by atoms with E-state index in [1.54, 1.807) is 0 Å². The Hall–Kier alpha value is -4.16. The Morgan fingerprint density at radius 2 is 1.00 bits per heavy atom. The first-order valence-corrected chi connectivity index (χ1v) is 16.4. The minimum absolute atomic E-state index is 0.551. The lowest BCUT2D eigenvalue weighted by Crippen LogP contribution is -2.08. The number of rotatable bonds is 5. The van der Waals surface area contributed by atoms with E-state index in [1.807, 2.05) is 11.4 Å². The highest BCUT2D eigenvalue weighted by Crippen LogP contribution is 2.54. The minimum atomic E-state index is -0.551. The predicted octanol–water partition coefficient (Wildman–Crippen LogP) is 10.4. The van der Waals surface area contributed by atoms with Crippen LogP contribution in [0.15, 0.2) is 157 Å². The maximum Gasteiger partial charge on any atom is 0.0207 e. The van der Waals surface area contributed by atoms with Crippen molar-refractivity contribution in [3.05, 3.63) is 152 Å². The summed E-state index contributed by atoms with van der Waals surface area (Å²) >= 11 is 1.98. The Balaban J connectivity index is 1.22. The molecule has 0 aromatic heterocycles. The fraction of sp³-hybridized carbons (Fsp3) is 0. The van der Waals surface area contributed by atoms with Crippen molar-refractivity contribution < 1.29 is 0 Å². The van der Waals surface area contributed by atoms with Crippen LogP contribution in [-0.4, -0.2) is 0 Å². The molecule has 0 saturated carbocycles. The third kappa shape index (κ3) is 3.97. The largest absolute Gasteiger partial charge is 0.0888 e. The summed E-state index contributed by atoms with van der Waals surface area (Å²) in [6.07, 6.45) is 0. The molecule has 0 fully saturated rings. The van der Waals surface area contributed by atoms with Crippen LogP contribution in [0.1, 0.15) is 0 Å². The SMILES string of the molecule is c1ccc(P(Sc2ccc(-c3ccc4cccc5c4c3-c3cc4ccccc4cc3-5)cc2)c2ccccc2)cc1. The molecular formula is C38H25PS. The lowest BCUT2D eigenvalue weighted by molar-refractivity contribution is 1.47. The average Bonchev–Trinajstić information content (AvgIpc) is 3.35. The lowest BCUT2D eigenvalue weighted by Gasteiger charge is -2.18. The first-order chi connectivity index (χ1) is 19.8. The van der Waals surface area contributed by atoms with Gasteiger partial charge in [-0.15, -0.1) is 0 Å². The Morgan fingerprint density at radius 3 is 1.68 bits per heavy atom. The van der Waals surface area contributed by atoms with Crippen molar-refractivity contribution in [2.24, 2.45) is 0 Å². The second-order valence-corrected chi connectivity index (χ2v) is 14.1. The quantitative estimate of drug-likeness (QED) is 0.194. The van der Waals surface area contributed by atoms with Crippen molar-refractivity contribution in [1.82, 2.24) is 0 Å². The molecule has 0 amide bonds. The van der Waals surface area contributed by atoms with Gasteiger partial charge in [0.2, 0.25) is 0 Å². The maximum absolute atomic E-state index is 2.39. The zero-order valence-electron chi connectivity index (χ0n) is 21.8. The Morgan fingerprint density at radius 1 is 0.400 bits per heavy atom. The van der Waals surface area contributed by atoms with Gasteiger partial charge in [0.1, 0.15) is 0 Å². The van der Waals surface area contributed by atoms with Crippen LogP contribution in [0.3, 0.4) is 0 Å². The van der Waals surface area contributed by atoms with E-state index in [4.69, 9.17) is 0 Å². The molecule has 0 spiro atoms. The second-order valence-electron chi connectivity index (χ2n) is 10.2. The van der Waals surface area contributed by atoms with Crippen molar-refractivity contribution in [3.8, 4) is 33.4 Å². The van der Waals surface area contributed by atoms with Gasteiger partial charge in [0.05, 0.1) is 0 Å². The second kappa shape index (κ2) is 9.79. The molecule has 0 saturated heterocycles. The van der Waals surface area contributed by atoms with Gasteiger partial charge in [-0.1, -0.05) is 139 Å². The highest BCUT2D eigenvalue weighted by Gasteiger charge is 2.25. The molecule has 7 aromatic rings. The zero-order chi connectivity index (χ0) is 26.5. The molecule has 8 rings (SSSR count). The molecule has 0 radical (unpaired) electrons. The van der Waals surface area contributed by atoms with Gasteiger partial charge < -0.3 is 0 Å². The first kappa shape index (κ1) is 23.7. The molecule has 188 valence electrons. The van der Waals surface area contributed by atoms with Crippen LogP contribution in [0.4, 0.5) is 0 Å². The third-order valence-corrected chi connectivity index (χ3v) is 12.5. The summed E-state index contributed by atoms with van der Waals surface area (Å²) in [5.41, 5.74) is 7.97. The van der Waals surface area contributed by atoms with E-state index in [2.05, 4.69) is 152 Å². The van der Waals surface area contributed by atoms with Gasteiger partial charge in [-0.05, 0) is 89.8 Å². The monoisotopic (exact) mass is 544 g/mol. The van der Waals surface area contributed by atoms with Crippen LogP contribution in [0.25, 0.3) is 54.9 Å². The summed E-state index contributed by atoms with van der Waals surface area (Å²) in [4.78, 5) is 1.30. The summed E-state index contributed by atoms with van der Waals surface area (Å²) in [5.74, 6) is 0.